The number of hydrogen-bond donors (Lipinski definition) is 1. The zero-order chi connectivity index (χ0) is 11.5. The minimum absolute atomic E-state index is 0.152. The van der Waals surface area contributed by atoms with E-state index in [-0.39, 0.29) is 5.91 Å². The molecule has 1 saturated carbocycles. The van der Waals surface area contributed by atoms with E-state index < -0.39 is 5.54 Å². The molecule has 2 unspecified atom stereocenters. The summed E-state index contributed by atoms with van der Waals surface area (Å²) in [6.45, 7) is 7.75. The summed E-state index contributed by atoms with van der Waals surface area (Å²) >= 11 is 0. The average Bonchev–Trinajstić information content (AvgIpc) is 2.19. The van der Waals surface area contributed by atoms with Crippen molar-refractivity contribution in [2.45, 2.75) is 52.0 Å². The molecule has 0 aromatic carbocycles. The highest BCUT2D eigenvalue weighted by Crippen LogP contribution is 2.31. The molecule has 0 bridgehead atoms. The van der Waals surface area contributed by atoms with E-state index in [0.717, 1.165) is 32.4 Å². The fourth-order valence-electron chi connectivity index (χ4n) is 2.61. The summed E-state index contributed by atoms with van der Waals surface area (Å²) in [5.74, 6) is 0.738. The van der Waals surface area contributed by atoms with Gasteiger partial charge in [-0.2, -0.15) is 0 Å². The molecule has 2 N–H and O–H groups in total. The second kappa shape index (κ2) is 4.97. The summed E-state index contributed by atoms with van der Waals surface area (Å²) in [7, 11) is 0. The lowest BCUT2D eigenvalue weighted by molar-refractivity contribution is -0.138. The van der Waals surface area contributed by atoms with Crippen molar-refractivity contribution >= 4 is 5.91 Å². The lowest BCUT2D eigenvalue weighted by atomic mass is 9.76. The van der Waals surface area contributed by atoms with Gasteiger partial charge >= 0.3 is 0 Å². The topological polar surface area (TPSA) is 46.3 Å². The molecular weight excluding hydrogens is 188 g/mol. The lowest BCUT2D eigenvalue weighted by Crippen LogP contribution is -2.57. The van der Waals surface area contributed by atoms with Crippen molar-refractivity contribution < 1.29 is 4.79 Å². The Morgan fingerprint density at radius 2 is 2.07 bits per heavy atom. The van der Waals surface area contributed by atoms with E-state index in [1.807, 2.05) is 18.7 Å². The summed E-state index contributed by atoms with van der Waals surface area (Å²) in [4.78, 5) is 14.1. The summed E-state index contributed by atoms with van der Waals surface area (Å²) in [6, 6.07) is 0. The van der Waals surface area contributed by atoms with Crippen LogP contribution in [0, 0.1) is 5.92 Å². The Balaban J connectivity index is 2.71. The first-order valence-corrected chi connectivity index (χ1v) is 6.11. The van der Waals surface area contributed by atoms with Gasteiger partial charge in [-0.3, -0.25) is 4.79 Å². The number of likely N-dealkylation sites (N-methyl/N-ethyl adjacent to an activating group) is 1. The number of rotatable bonds is 3. The lowest BCUT2D eigenvalue weighted by Gasteiger charge is -2.38. The van der Waals surface area contributed by atoms with Crippen LogP contribution in [0.25, 0.3) is 0 Å². The molecule has 0 spiro atoms. The Hall–Kier alpha value is -0.570. The van der Waals surface area contributed by atoms with E-state index in [1.165, 1.54) is 6.42 Å². The van der Waals surface area contributed by atoms with Gasteiger partial charge in [-0.1, -0.05) is 19.8 Å². The Labute approximate surface area is 93.0 Å². The van der Waals surface area contributed by atoms with Gasteiger partial charge in [0.15, 0.2) is 0 Å². The van der Waals surface area contributed by atoms with Gasteiger partial charge in [0.05, 0.1) is 5.54 Å². The van der Waals surface area contributed by atoms with Crippen molar-refractivity contribution in [3.8, 4) is 0 Å². The van der Waals surface area contributed by atoms with Crippen LogP contribution in [-0.2, 0) is 4.79 Å². The molecule has 15 heavy (non-hydrogen) atoms. The smallest absolute Gasteiger partial charge is 0.242 e. The van der Waals surface area contributed by atoms with E-state index >= 15 is 0 Å². The van der Waals surface area contributed by atoms with E-state index in [2.05, 4.69) is 6.92 Å². The average molecular weight is 212 g/mol. The minimum Gasteiger partial charge on any atom is -0.342 e. The molecule has 3 nitrogen and oxygen atoms in total. The van der Waals surface area contributed by atoms with Crippen molar-refractivity contribution in [3.05, 3.63) is 0 Å². The molecule has 1 aliphatic carbocycles. The van der Waals surface area contributed by atoms with E-state index in [4.69, 9.17) is 5.73 Å². The molecule has 0 heterocycles. The van der Waals surface area contributed by atoms with Crippen molar-refractivity contribution in [2.24, 2.45) is 11.7 Å². The van der Waals surface area contributed by atoms with Crippen LogP contribution in [0.3, 0.4) is 0 Å². The Morgan fingerprint density at radius 3 is 2.53 bits per heavy atom. The van der Waals surface area contributed by atoms with Gasteiger partial charge in [-0.15, -0.1) is 0 Å². The number of hydrogen-bond acceptors (Lipinski definition) is 2. The second-order valence-corrected chi connectivity index (χ2v) is 4.84. The van der Waals surface area contributed by atoms with Gasteiger partial charge in [0, 0.05) is 13.1 Å². The van der Waals surface area contributed by atoms with Crippen LogP contribution >= 0.6 is 0 Å². The third-order valence-electron chi connectivity index (χ3n) is 3.51. The fourth-order valence-corrected chi connectivity index (χ4v) is 2.61. The molecule has 1 amide bonds. The van der Waals surface area contributed by atoms with Gasteiger partial charge in [-0.05, 0) is 32.6 Å². The molecule has 0 aliphatic heterocycles. The molecular formula is C12H24N2O. The van der Waals surface area contributed by atoms with Crippen LogP contribution in [0.15, 0.2) is 0 Å². The van der Waals surface area contributed by atoms with Crippen molar-refractivity contribution in [3.63, 3.8) is 0 Å². The molecule has 1 aliphatic rings. The van der Waals surface area contributed by atoms with Crippen molar-refractivity contribution in [1.82, 2.24) is 4.90 Å². The zero-order valence-corrected chi connectivity index (χ0v) is 10.3. The maximum Gasteiger partial charge on any atom is 0.242 e. The molecule has 0 radical (unpaired) electrons. The van der Waals surface area contributed by atoms with Gasteiger partial charge in [0.1, 0.15) is 0 Å². The van der Waals surface area contributed by atoms with Crippen LogP contribution in [0.1, 0.15) is 46.5 Å². The van der Waals surface area contributed by atoms with Crippen LogP contribution in [0.2, 0.25) is 0 Å². The number of nitrogens with two attached hydrogens (primary N) is 1. The molecule has 1 rings (SSSR count). The second-order valence-electron chi connectivity index (χ2n) is 4.84. The summed E-state index contributed by atoms with van der Waals surface area (Å²) in [6.07, 6.45) is 4.00. The first kappa shape index (κ1) is 12.5. The standard InChI is InChI=1S/C12H24N2O/c1-4-14(5-2)11(15)12(13)8-6-7-10(3)9-12/h10H,4-9,13H2,1-3H3. The molecule has 1 fully saturated rings. The summed E-state index contributed by atoms with van der Waals surface area (Å²) < 4.78 is 0. The zero-order valence-electron chi connectivity index (χ0n) is 10.3. The summed E-state index contributed by atoms with van der Waals surface area (Å²) in [5, 5.41) is 0. The van der Waals surface area contributed by atoms with Gasteiger partial charge in [-0.25, -0.2) is 0 Å². The van der Waals surface area contributed by atoms with Crippen LogP contribution in [0.5, 0.6) is 0 Å². The van der Waals surface area contributed by atoms with Crippen molar-refractivity contribution in [2.75, 3.05) is 13.1 Å². The third-order valence-corrected chi connectivity index (χ3v) is 3.51. The quantitative estimate of drug-likeness (QED) is 0.775. The number of carbonyl (C=O) groups excluding carboxylic acids is 1. The highest BCUT2D eigenvalue weighted by Gasteiger charge is 2.39. The normalized spacial score (nSPS) is 31.3. The molecule has 3 heteroatoms. The maximum absolute atomic E-state index is 12.2. The molecule has 0 aromatic heterocycles. The van der Waals surface area contributed by atoms with E-state index in [1.54, 1.807) is 0 Å². The van der Waals surface area contributed by atoms with Gasteiger partial charge < -0.3 is 10.6 Å². The predicted octanol–water partition coefficient (Wildman–Crippen LogP) is 1.76. The first-order chi connectivity index (χ1) is 7.03. The van der Waals surface area contributed by atoms with Crippen LogP contribution < -0.4 is 5.73 Å². The largest absolute Gasteiger partial charge is 0.342 e. The number of carbonyl (C=O) groups is 1. The molecule has 2 atom stereocenters. The molecule has 88 valence electrons. The van der Waals surface area contributed by atoms with Crippen LogP contribution in [0.4, 0.5) is 0 Å². The minimum atomic E-state index is -0.580. The highest BCUT2D eigenvalue weighted by atomic mass is 16.2. The number of nitrogens with zero attached hydrogens (tertiary/aromatic N) is 1. The monoisotopic (exact) mass is 212 g/mol. The fraction of sp³-hybridized carbons (Fsp3) is 0.917. The van der Waals surface area contributed by atoms with E-state index in [0.29, 0.717) is 5.92 Å². The Bertz CT molecular complexity index is 226. The van der Waals surface area contributed by atoms with Gasteiger partial charge in [0.2, 0.25) is 5.91 Å². The SMILES string of the molecule is CCN(CC)C(=O)C1(N)CCCC(C)C1. The maximum atomic E-state index is 12.2. The first-order valence-electron chi connectivity index (χ1n) is 6.11. The highest BCUT2D eigenvalue weighted by molar-refractivity contribution is 5.86. The predicted molar refractivity (Wildman–Crippen MR) is 62.5 cm³/mol. The van der Waals surface area contributed by atoms with Crippen LogP contribution in [-0.4, -0.2) is 29.4 Å². The molecule has 0 saturated heterocycles. The Kier molecular flexibility index (Phi) is 4.14. The number of amides is 1. The third kappa shape index (κ3) is 2.71. The van der Waals surface area contributed by atoms with Crippen molar-refractivity contribution in [1.29, 1.82) is 0 Å². The Morgan fingerprint density at radius 1 is 1.47 bits per heavy atom. The summed E-state index contributed by atoms with van der Waals surface area (Å²) in [5.41, 5.74) is 5.67. The van der Waals surface area contributed by atoms with Gasteiger partial charge in [0.25, 0.3) is 0 Å². The molecule has 0 aromatic rings. The van der Waals surface area contributed by atoms with E-state index in [9.17, 15) is 4.79 Å².